The van der Waals surface area contributed by atoms with E-state index in [4.69, 9.17) is 21.1 Å². The van der Waals surface area contributed by atoms with E-state index < -0.39 is 18.0 Å². The van der Waals surface area contributed by atoms with Gasteiger partial charge in [0, 0.05) is 11.4 Å². The van der Waals surface area contributed by atoms with Gasteiger partial charge >= 0.3 is 12.0 Å². The lowest BCUT2D eigenvalue weighted by Crippen LogP contribution is -2.45. The van der Waals surface area contributed by atoms with Crippen LogP contribution in [-0.4, -0.2) is 42.3 Å². The van der Waals surface area contributed by atoms with Crippen LogP contribution in [0.4, 0.5) is 4.79 Å². The molecule has 0 saturated carbocycles. The van der Waals surface area contributed by atoms with E-state index in [1.807, 2.05) is 6.92 Å². The molecule has 0 spiro atoms. The molecular weight excluding hydrogens is 380 g/mol. The highest BCUT2D eigenvalue weighted by atomic mass is 35.5. The van der Waals surface area contributed by atoms with E-state index in [1.54, 1.807) is 18.7 Å². The van der Waals surface area contributed by atoms with Crippen LogP contribution in [-0.2, 0) is 9.53 Å². The number of phenols is 1. The normalized spacial score (nSPS) is 16.8. The SMILES string of the molecule is CCSCCOC(=O)C1=C(C)NC(=O)N[C@H]1c1cc(Cl)c(O)c(OC)c1. The molecule has 0 aliphatic carbocycles. The number of carbonyl (C=O) groups is 2. The Morgan fingerprint density at radius 3 is 2.81 bits per heavy atom. The maximum absolute atomic E-state index is 12.6. The third-order valence-corrected chi connectivity index (χ3v) is 4.91. The minimum atomic E-state index is -0.776. The van der Waals surface area contributed by atoms with E-state index in [2.05, 4.69) is 10.6 Å². The van der Waals surface area contributed by atoms with Crippen molar-refractivity contribution in [3.63, 3.8) is 0 Å². The Morgan fingerprint density at radius 2 is 2.15 bits per heavy atom. The molecule has 1 aliphatic heterocycles. The Morgan fingerprint density at radius 1 is 1.42 bits per heavy atom. The van der Waals surface area contributed by atoms with Crippen molar-refractivity contribution in [3.05, 3.63) is 34.0 Å². The molecule has 7 nitrogen and oxygen atoms in total. The average Bonchev–Trinajstić information content (AvgIpc) is 2.60. The van der Waals surface area contributed by atoms with Crippen LogP contribution in [0.25, 0.3) is 0 Å². The molecule has 2 amide bonds. The Balaban J connectivity index is 2.35. The van der Waals surface area contributed by atoms with Crippen LogP contribution >= 0.6 is 23.4 Å². The molecule has 1 aliphatic rings. The predicted molar refractivity (Wildman–Crippen MR) is 101 cm³/mol. The molecule has 3 N–H and O–H groups in total. The second-order valence-corrected chi connectivity index (χ2v) is 7.26. The minimum Gasteiger partial charge on any atom is -0.503 e. The van der Waals surface area contributed by atoms with Gasteiger partial charge in [0.15, 0.2) is 11.5 Å². The van der Waals surface area contributed by atoms with Crippen molar-refractivity contribution in [2.75, 3.05) is 25.2 Å². The Hall–Kier alpha value is -2.06. The first kappa shape index (κ1) is 20.3. The summed E-state index contributed by atoms with van der Waals surface area (Å²) in [4.78, 5) is 24.5. The zero-order valence-corrected chi connectivity index (χ0v) is 16.3. The number of aromatic hydroxyl groups is 1. The predicted octanol–water partition coefficient (Wildman–Crippen LogP) is 2.98. The number of hydrogen-bond donors (Lipinski definition) is 3. The number of amides is 2. The van der Waals surface area contributed by atoms with Crippen molar-refractivity contribution < 1.29 is 24.2 Å². The molecule has 1 aromatic rings. The van der Waals surface area contributed by atoms with Crippen molar-refractivity contribution >= 4 is 35.4 Å². The fourth-order valence-electron chi connectivity index (χ4n) is 2.55. The lowest BCUT2D eigenvalue weighted by Gasteiger charge is -2.28. The Labute approximate surface area is 161 Å². The number of carbonyl (C=O) groups excluding carboxylic acids is 2. The maximum Gasteiger partial charge on any atom is 0.338 e. The van der Waals surface area contributed by atoms with Gasteiger partial charge in [-0.25, -0.2) is 9.59 Å². The number of halogens is 1. The molecule has 0 fully saturated rings. The summed E-state index contributed by atoms with van der Waals surface area (Å²) in [7, 11) is 1.39. The molecule has 0 unspecified atom stereocenters. The van der Waals surface area contributed by atoms with E-state index in [0.717, 1.165) is 5.75 Å². The van der Waals surface area contributed by atoms with Crippen molar-refractivity contribution in [2.24, 2.45) is 0 Å². The van der Waals surface area contributed by atoms with E-state index in [-0.39, 0.29) is 28.7 Å². The highest BCUT2D eigenvalue weighted by Gasteiger charge is 2.33. The van der Waals surface area contributed by atoms with Crippen LogP contribution < -0.4 is 15.4 Å². The van der Waals surface area contributed by atoms with Crippen LogP contribution in [0.5, 0.6) is 11.5 Å². The third kappa shape index (κ3) is 4.56. The first-order valence-corrected chi connectivity index (χ1v) is 9.51. The molecular formula is C17H21ClN2O5S. The van der Waals surface area contributed by atoms with Gasteiger partial charge in [-0.05, 0) is 30.4 Å². The van der Waals surface area contributed by atoms with Crippen LogP contribution in [0, 0.1) is 0 Å². The van der Waals surface area contributed by atoms with E-state index in [0.29, 0.717) is 17.0 Å². The van der Waals surface area contributed by atoms with Crippen LogP contribution in [0.3, 0.4) is 0 Å². The lowest BCUT2D eigenvalue weighted by molar-refractivity contribution is -0.138. The lowest BCUT2D eigenvalue weighted by atomic mass is 9.95. The molecule has 2 rings (SSSR count). The third-order valence-electron chi connectivity index (χ3n) is 3.76. The topological polar surface area (TPSA) is 96.9 Å². The van der Waals surface area contributed by atoms with Gasteiger partial charge in [0.1, 0.15) is 6.61 Å². The summed E-state index contributed by atoms with van der Waals surface area (Å²) in [6, 6.07) is 1.77. The molecule has 9 heteroatoms. The van der Waals surface area contributed by atoms with Gasteiger partial charge in [0.05, 0.1) is 23.7 Å². The molecule has 1 heterocycles. The van der Waals surface area contributed by atoms with Gasteiger partial charge in [-0.2, -0.15) is 11.8 Å². The van der Waals surface area contributed by atoms with Gasteiger partial charge in [-0.1, -0.05) is 18.5 Å². The number of phenolic OH excluding ortho intramolecular Hbond substituents is 1. The molecule has 0 saturated heterocycles. The number of allylic oxidation sites excluding steroid dienone is 1. The fourth-order valence-corrected chi connectivity index (χ4v) is 3.25. The number of nitrogens with one attached hydrogen (secondary N) is 2. The molecule has 0 radical (unpaired) electrons. The summed E-state index contributed by atoms with van der Waals surface area (Å²) in [5.74, 6) is 1.04. The minimum absolute atomic E-state index is 0.0526. The van der Waals surface area contributed by atoms with Gasteiger partial charge in [0.25, 0.3) is 0 Å². The number of rotatable bonds is 7. The Kier molecular flexibility index (Phi) is 7.05. The molecule has 26 heavy (non-hydrogen) atoms. The monoisotopic (exact) mass is 400 g/mol. The summed E-state index contributed by atoms with van der Waals surface area (Å²) in [5, 5.41) is 15.2. The fraction of sp³-hybridized carbons (Fsp3) is 0.412. The molecule has 1 atom stereocenters. The zero-order chi connectivity index (χ0) is 19.3. The highest BCUT2D eigenvalue weighted by molar-refractivity contribution is 7.99. The number of methoxy groups -OCH3 is 1. The van der Waals surface area contributed by atoms with Gasteiger partial charge in [-0.15, -0.1) is 0 Å². The Bertz CT molecular complexity index is 738. The van der Waals surface area contributed by atoms with Gasteiger partial charge in [-0.3, -0.25) is 0 Å². The van der Waals surface area contributed by atoms with Crippen molar-refractivity contribution in [3.8, 4) is 11.5 Å². The maximum atomic E-state index is 12.6. The average molecular weight is 401 g/mol. The number of ether oxygens (including phenoxy) is 2. The molecule has 142 valence electrons. The molecule has 1 aromatic carbocycles. The molecule has 0 bridgehead atoms. The number of hydrogen-bond acceptors (Lipinski definition) is 6. The highest BCUT2D eigenvalue weighted by Crippen LogP contribution is 2.39. The van der Waals surface area contributed by atoms with Crippen molar-refractivity contribution in [1.29, 1.82) is 0 Å². The number of benzene rings is 1. The second kappa shape index (κ2) is 9.05. The first-order chi connectivity index (χ1) is 12.4. The van der Waals surface area contributed by atoms with E-state index in [9.17, 15) is 14.7 Å². The number of thioether (sulfide) groups is 1. The summed E-state index contributed by atoms with van der Waals surface area (Å²) in [6.45, 7) is 3.93. The van der Waals surface area contributed by atoms with E-state index in [1.165, 1.54) is 19.2 Å². The first-order valence-electron chi connectivity index (χ1n) is 7.98. The summed E-state index contributed by atoms with van der Waals surface area (Å²) >= 11 is 7.71. The van der Waals surface area contributed by atoms with Crippen LogP contribution in [0.15, 0.2) is 23.4 Å². The largest absolute Gasteiger partial charge is 0.503 e. The number of urea groups is 1. The molecule has 0 aromatic heterocycles. The van der Waals surface area contributed by atoms with Gasteiger partial charge in [0.2, 0.25) is 0 Å². The summed E-state index contributed by atoms with van der Waals surface area (Å²) < 4.78 is 10.4. The van der Waals surface area contributed by atoms with E-state index >= 15 is 0 Å². The smallest absolute Gasteiger partial charge is 0.338 e. The number of esters is 1. The van der Waals surface area contributed by atoms with Gasteiger partial charge < -0.3 is 25.2 Å². The quantitative estimate of drug-likeness (QED) is 0.481. The van der Waals surface area contributed by atoms with Crippen LogP contribution in [0.1, 0.15) is 25.5 Å². The van der Waals surface area contributed by atoms with Crippen molar-refractivity contribution in [1.82, 2.24) is 10.6 Å². The summed E-state index contributed by atoms with van der Waals surface area (Å²) in [5.41, 5.74) is 1.17. The van der Waals surface area contributed by atoms with Crippen molar-refractivity contribution in [2.45, 2.75) is 19.9 Å². The van der Waals surface area contributed by atoms with Crippen LogP contribution in [0.2, 0.25) is 5.02 Å². The second-order valence-electron chi connectivity index (χ2n) is 5.46. The standard InChI is InChI=1S/C17H21ClN2O5S/c1-4-26-6-5-25-16(22)13-9(2)19-17(23)20-14(13)10-7-11(18)15(21)12(8-10)24-3/h7-8,14,21H,4-6H2,1-3H3,(H2,19,20,23)/t14-/m0/s1. The summed E-state index contributed by atoms with van der Waals surface area (Å²) in [6.07, 6.45) is 0. The zero-order valence-electron chi connectivity index (χ0n) is 14.7.